The number of carbonyl (C=O) groups excluding carboxylic acids is 1. The quantitative estimate of drug-likeness (QED) is 0.465. The summed E-state index contributed by atoms with van der Waals surface area (Å²) in [6.07, 6.45) is -3.75. The molecule has 0 aromatic heterocycles. The minimum absolute atomic E-state index is 0.0480. The molecule has 3 rings (SSSR count). The van der Waals surface area contributed by atoms with Crippen molar-refractivity contribution in [3.8, 4) is 0 Å². The standard InChI is InChI=1S/C25H34O7Si/c1-24(2,3)33(18-12-8-6-9-13-18,19-14-10-7-11-15-19)31-17-21-22(27)20(26)16-25(30-5,32-21)23(28)29-4/h6-15,20-22,26-27H,16-17H2,1-5H3/t20-,21-,22-,25-/m1/s1. The van der Waals surface area contributed by atoms with Crippen molar-refractivity contribution in [2.75, 3.05) is 20.8 Å². The molecule has 1 saturated heterocycles. The maximum absolute atomic E-state index is 12.4. The number of esters is 1. The zero-order valence-electron chi connectivity index (χ0n) is 19.9. The van der Waals surface area contributed by atoms with Crippen molar-refractivity contribution >= 4 is 24.7 Å². The lowest BCUT2D eigenvalue weighted by atomic mass is 9.95. The van der Waals surface area contributed by atoms with Gasteiger partial charge in [0.25, 0.3) is 14.1 Å². The average Bonchev–Trinajstić information content (AvgIpc) is 2.82. The number of benzene rings is 2. The van der Waals surface area contributed by atoms with E-state index in [0.717, 1.165) is 10.4 Å². The molecular weight excluding hydrogens is 440 g/mol. The Morgan fingerprint density at radius 1 is 1.03 bits per heavy atom. The second kappa shape index (κ2) is 10.0. The van der Waals surface area contributed by atoms with E-state index in [0.29, 0.717) is 0 Å². The summed E-state index contributed by atoms with van der Waals surface area (Å²) in [5, 5.41) is 23.1. The number of ether oxygens (including phenoxy) is 3. The van der Waals surface area contributed by atoms with Gasteiger partial charge in [0, 0.05) is 13.5 Å². The molecule has 180 valence electrons. The Kier molecular flexibility index (Phi) is 7.78. The van der Waals surface area contributed by atoms with Crippen LogP contribution in [0.3, 0.4) is 0 Å². The number of carbonyl (C=O) groups is 1. The fraction of sp³-hybridized carbons (Fsp3) is 0.480. The number of aliphatic hydroxyl groups excluding tert-OH is 2. The van der Waals surface area contributed by atoms with Gasteiger partial charge in [-0.3, -0.25) is 0 Å². The molecule has 0 amide bonds. The predicted octanol–water partition coefficient (Wildman–Crippen LogP) is 1.59. The number of hydrogen-bond acceptors (Lipinski definition) is 7. The minimum atomic E-state index is -2.91. The second-order valence-corrected chi connectivity index (χ2v) is 13.6. The van der Waals surface area contributed by atoms with Crippen LogP contribution in [-0.2, 0) is 23.4 Å². The molecule has 2 aromatic carbocycles. The van der Waals surface area contributed by atoms with Crippen LogP contribution in [0.5, 0.6) is 0 Å². The van der Waals surface area contributed by atoms with Gasteiger partial charge < -0.3 is 28.8 Å². The molecule has 2 N–H and O–H groups in total. The van der Waals surface area contributed by atoms with Gasteiger partial charge in [-0.2, -0.15) is 0 Å². The maximum atomic E-state index is 12.4. The Morgan fingerprint density at radius 2 is 1.55 bits per heavy atom. The van der Waals surface area contributed by atoms with E-state index >= 15 is 0 Å². The number of hydrogen-bond donors (Lipinski definition) is 2. The van der Waals surface area contributed by atoms with Crippen molar-refractivity contribution < 1.29 is 33.6 Å². The first kappa shape index (κ1) is 25.5. The molecule has 7 nitrogen and oxygen atoms in total. The molecule has 0 spiro atoms. The smallest absolute Gasteiger partial charge is 0.366 e. The highest BCUT2D eigenvalue weighted by Crippen LogP contribution is 2.38. The summed E-state index contributed by atoms with van der Waals surface area (Å²) in [7, 11) is -0.380. The van der Waals surface area contributed by atoms with Crippen molar-refractivity contribution in [1.82, 2.24) is 0 Å². The van der Waals surface area contributed by atoms with Crippen LogP contribution in [0, 0.1) is 0 Å². The lowest BCUT2D eigenvalue weighted by Crippen LogP contribution is -2.68. The third-order valence-corrected chi connectivity index (χ3v) is 11.3. The molecule has 0 aliphatic carbocycles. The van der Waals surface area contributed by atoms with E-state index in [1.54, 1.807) is 0 Å². The Morgan fingerprint density at radius 3 is 1.97 bits per heavy atom. The van der Waals surface area contributed by atoms with Crippen LogP contribution in [0.2, 0.25) is 5.04 Å². The summed E-state index contributed by atoms with van der Waals surface area (Å²) in [5.41, 5.74) is 0. The van der Waals surface area contributed by atoms with Crippen molar-refractivity contribution in [3.63, 3.8) is 0 Å². The Balaban J connectivity index is 2.03. The van der Waals surface area contributed by atoms with Crippen LogP contribution in [0.4, 0.5) is 0 Å². The first-order chi connectivity index (χ1) is 15.6. The van der Waals surface area contributed by atoms with Crippen LogP contribution in [-0.4, -0.2) is 69.4 Å². The lowest BCUT2D eigenvalue weighted by molar-refractivity contribution is -0.307. The van der Waals surface area contributed by atoms with Gasteiger partial charge in [-0.05, 0) is 15.4 Å². The van der Waals surface area contributed by atoms with E-state index in [4.69, 9.17) is 18.6 Å². The molecule has 1 heterocycles. The summed E-state index contributed by atoms with van der Waals surface area (Å²) in [4.78, 5) is 12.4. The van der Waals surface area contributed by atoms with Crippen LogP contribution in [0.25, 0.3) is 0 Å². The number of methoxy groups -OCH3 is 2. The molecule has 1 aliphatic rings. The van der Waals surface area contributed by atoms with Gasteiger partial charge in [-0.1, -0.05) is 81.4 Å². The van der Waals surface area contributed by atoms with Gasteiger partial charge in [0.1, 0.15) is 12.2 Å². The topological polar surface area (TPSA) is 94.5 Å². The van der Waals surface area contributed by atoms with Gasteiger partial charge in [0.05, 0.1) is 19.8 Å². The van der Waals surface area contributed by atoms with Gasteiger partial charge in [-0.25, -0.2) is 4.79 Å². The van der Waals surface area contributed by atoms with Crippen LogP contribution in [0.15, 0.2) is 60.7 Å². The summed E-state index contributed by atoms with van der Waals surface area (Å²) in [6.45, 7) is 6.37. The molecular formula is C25H34O7Si. The van der Waals surface area contributed by atoms with Gasteiger partial charge in [0.15, 0.2) is 0 Å². The highest BCUT2D eigenvalue weighted by atomic mass is 28.4. The van der Waals surface area contributed by atoms with Crippen molar-refractivity contribution in [2.24, 2.45) is 0 Å². The number of rotatable bonds is 7. The molecule has 33 heavy (non-hydrogen) atoms. The molecule has 1 aliphatic heterocycles. The molecule has 0 radical (unpaired) electrons. The second-order valence-electron chi connectivity index (χ2n) is 9.34. The number of aliphatic hydroxyl groups is 2. The normalized spacial score (nSPS) is 26.1. The SMILES string of the molecule is COC(=O)[C@@]1(OC)C[C@@H](O)[C@@H](O)[C@@H](CO[Si](c2ccccc2)(c2ccccc2)C(C)(C)C)O1. The fourth-order valence-corrected chi connectivity index (χ4v) is 9.18. The summed E-state index contributed by atoms with van der Waals surface area (Å²) in [6, 6.07) is 20.1. The van der Waals surface area contributed by atoms with Crippen molar-refractivity contribution in [1.29, 1.82) is 0 Å². The first-order valence-electron chi connectivity index (χ1n) is 11.0. The summed E-state index contributed by atoms with van der Waals surface area (Å²) < 4.78 is 22.9. The Bertz CT molecular complexity index is 876. The van der Waals surface area contributed by atoms with Gasteiger partial charge in [-0.15, -0.1) is 0 Å². The molecule has 4 atom stereocenters. The largest absolute Gasteiger partial charge is 0.465 e. The molecule has 0 unspecified atom stereocenters. The highest BCUT2D eigenvalue weighted by molar-refractivity contribution is 6.99. The van der Waals surface area contributed by atoms with E-state index in [2.05, 4.69) is 45.0 Å². The lowest BCUT2D eigenvalue weighted by Gasteiger charge is -2.46. The van der Waals surface area contributed by atoms with E-state index in [1.165, 1.54) is 14.2 Å². The van der Waals surface area contributed by atoms with E-state index in [1.807, 2.05) is 36.4 Å². The molecule has 1 fully saturated rings. The molecule has 0 saturated carbocycles. The minimum Gasteiger partial charge on any atom is -0.465 e. The summed E-state index contributed by atoms with van der Waals surface area (Å²) >= 11 is 0. The third kappa shape index (κ3) is 4.77. The monoisotopic (exact) mass is 474 g/mol. The van der Waals surface area contributed by atoms with Crippen molar-refractivity contribution in [3.05, 3.63) is 60.7 Å². The summed E-state index contributed by atoms with van der Waals surface area (Å²) in [5.74, 6) is -2.58. The molecule has 2 aromatic rings. The molecule has 0 bridgehead atoms. The fourth-order valence-electron chi connectivity index (χ4n) is 4.61. The molecule has 8 heteroatoms. The van der Waals surface area contributed by atoms with Crippen LogP contribution in [0.1, 0.15) is 27.2 Å². The third-order valence-electron chi connectivity index (χ3n) is 6.30. The van der Waals surface area contributed by atoms with Crippen LogP contribution < -0.4 is 10.4 Å². The maximum Gasteiger partial charge on any atom is 0.366 e. The van der Waals surface area contributed by atoms with Crippen molar-refractivity contribution in [2.45, 2.75) is 56.3 Å². The first-order valence-corrected chi connectivity index (χ1v) is 12.9. The zero-order chi connectivity index (χ0) is 24.3. The van der Waals surface area contributed by atoms with Gasteiger partial charge in [0.2, 0.25) is 0 Å². The van der Waals surface area contributed by atoms with E-state index in [9.17, 15) is 15.0 Å². The average molecular weight is 475 g/mol. The van der Waals surface area contributed by atoms with E-state index < -0.39 is 38.4 Å². The zero-order valence-corrected chi connectivity index (χ0v) is 20.9. The van der Waals surface area contributed by atoms with Gasteiger partial charge >= 0.3 is 5.97 Å². The highest BCUT2D eigenvalue weighted by Gasteiger charge is 2.55. The van der Waals surface area contributed by atoms with Crippen LogP contribution >= 0.6 is 0 Å². The predicted molar refractivity (Wildman–Crippen MR) is 127 cm³/mol. The Labute approximate surface area is 196 Å². The Hall–Kier alpha value is -2.07. The van der Waals surface area contributed by atoms with E-state index in [-0.39, 0.29) is 18.1 Å².